The van der Waals surface area contributed by atoms with Crippen molar-refractivity contribution in [3.63, 3.8) is 0 Å². The Balaban J connectivity index is 0.953. The molecule has 0 amide bonds. The molecule has 2 heterocycles. The predicted molar refractivity (Wildman–Crippen MR) is 226 cm³/mol. The lowest BCUT2D eigenvalue weighted by Gasteiger charge is -2.38. The zero-order valence-electron chi connectivity index (χ0n) is 29.8. The van der Waals surface area contributed by atoms with Crippen molar-refractivity contribution in [1.29, 1.82) is 0 Å². The molecule has 3 nitrogen and oxygen atoms in total. The first-order valence-corrected chi connectivity index (χ1v) is 18.7. The lowest BCUT2D eigenvalue weighted by molar-refractivity contribution is 0.446. The van der Waals surface area contributed by atoms with Gasteiger partial charge in [0, 0.05) is 0 Å². The molecule has 3 heteroatoms. The lowest BCUT2D eigenvalue weighted by atomic mass is 9.93. The molecule has 11 rings (SSSR count). The van der Waals surface area contributed by atoms with Gasteiger partial charge < -0.3 is 9.47 Å². The summed E-state index contributed by atoms with van der Waals surface area (Å²) in [6.07, 6.45) is 0. The summed E-state index contributed by atoms with van der Waals surface area (Å²) in [5.74, 6) is 3.14. The molecule has 0 aliphatic carbocycles. The minimum absolute atomic E-state index is 0.761. The average molecular weight is 704 g/mol. The number of rotatable bonds is 5. The molecule has 0 radical (unpaired) electrons. The number of benzene rings is 9. The molecule has 55 heavy (non-hydrogen) atoms. The maximum Gasteiger partial charge on any atom is 0.156 e. The van der Waals surface area contributed by atoms with Crippen LogP contribution in [-0.4, -0.2) is 0 Å². The van der Waals surface area contributed by atoms with Crippen molar-refractivity contribution in [1.82, 2.24) is 0 Å². The quantitative estimate of drug-likeness (QED) is 0.178. The zero-order chi connectivity index (χ0) is 36.3. The standard InChI is InChI=1S/C52H33NO2/c1-2-11-38(12-3-1)44-14-6-7-15-45(44)39-25-22-37(23-26-39)43-32-50-52-51(33-43)55-49-31-42(28-29-47(49)53(52)46-16-8-9-17-48(46)54-50)36-20-18-35(19-21-36)41-27-24-34-10-4-5-13-40(34)30-41/h1-33H. The zero-order valence-corrected chi connectivity index (χ0v) is 29.8. The highest BCUT2D eigenvalue weighted by Crippen LogP contribution is 2.60. The van der Waals surface area contributed by atoms with E-state index in [2.05, 4.69) is 193 Å². The number of nitrogens with zero attached hydrogens (tertiary/aromatic N) is 1. The Bertz CT molecular complexity index is 2910. The first-order chi connectivity index (χ1) is 27.2. The molecule has 0 saturated heterocycles. The Hall–Kier alpha value is -7.36. The van der Waals surface area contributed by atoms with Crippen LogP contribution in [0, 0.1) is 0 Å². The van der Waals surface area contributed by atoms with Crippen LogP contribution in [0.25, 0.3) is 66.4 Å². The van der Waals surface area contributed by atoms with E-state index in [9.17, 15) is 0 Å². The molecule has 0 atom stereocenters. The smallest absolute Gasteiger partial charge is 0.156 e. The summed E-state index contributed by atoms with van der Waals surface area (Å²) in [6, 6.07) is 70.9. The van der Waals surface area contributed by atoms with Gasteiger partial charge in [0.05, 0.1) is 11.4 Å². The third kappa shape index (κ3) is 5.36. The molecule has 0 fully saturated rings. The van der Waals surface area contributed by atoms with Gasteiger partial charge in [0.2, 0.25) is 0 Å². The maximum atomic E-state index is 6.83. The van der Waals surface area contributed by atoms with Gasteiger partial charge >= 0.3 is 0 Å². The van der Waals surface area contributed by atoms with E-state index in [1.165, 1.54) is 44.2 Å². The van der Waals surface area contributed by atoms with Gasteiger partial charge in [-0.3, -0.25) is 4.90 Å². The van der Waals surface area contributed by atoms with Crippen LogP contribution >= 0.6 is 0 Å². The Morgan fingerprint density at radius 2 is 0.745 bits per heavy atom. The molecule has 0 saturated carbocycles. The van der Waals surface area contributed by atoms with Crippen LogP contribution in [0.3, 0.4) is 0 Å². The van der Waals surface area contributed by atoms with Gasteiger partial charge in [-0.1, -0.05) is 158 Å². The van der Waals surface area contributed by atoms with Crippen molar-refractivity contribution in [3.8, 4) is 78.6 Å². The van der Waals surface area contributed by atoms with Crippen LogP contribution in [0.1, 0.15) is 0 Å². The van der Waals surface area contributed by atoms with Crippen LogP contribution in [0.2, 0.25) is 0 Å². The molecule has 9 aromatic carbocycles. The van der Waals surface area contributed by atoms with Crippen LogP contribution in [0.15, 0.2) is 200 Å². The summed E-state index contributed by atoms with van der Waals surface area (Å²) in [4.78, 5) is 2.28. The lowest BCUT2D eigenvalue weighted by Crippen LogP contribution is -2.20. The van der Waals surface area contributed by atoms with Crippen molar-refractivity contribution < 1.29 is 9.47 Å². The summed E-state index contributed by atoms with van der Waals surface area (Å²) < 4.78 is 13.4. The SMILES string of the molecule is c1ccc(-c2ccccc2-c2ccc(-c3cc4c5c(c3)Oc3cc(-c6ccc(-c7ccc8ccccc8c7)cc6)ccc3N5c3ccccc3O4)cc2)cc1. The van der Waals surface area contributed by atoms with Gasteiger partial charge in [0.15, 0.2) is 23.0 Å². The first-order valence-electron chi connectivity index (χ1n) is 18.7. The highest BCUT2D eigenvalue weighted by molar-refractivity contribution is 5.96. The molecule has 0 spiro atoms. The highest BCUT2D eigenvalue weighted by Gasteiger charge is 2.35. The van der Waals surface area contributed by atoms with E-state index in [1.807, 2.05) is 12.1 Å². The van der Waals surface area contributed by atoms with Gasteiger partial charge in [0.1, 0.15) is 5.69 Å². The van der Waals surface area contributed by atoms with E-state index in [0.717, 1.165) is 62.3 Å². The number of anilines is 3. The third-order valence-electron chi connectivity index (χ3n) is 10.9. The summed E-state index contributed by atoms with van der Waals surface area (Å²) in [6.45, 7) is 0. The summed E-state index contributed by atoms with van der Waals surface area (Å²) in [5, 5.41) is 2.49. The summed E-state index contributed by atoms with van der Waals surface area (Å²) in [5.41, 5.74) is 14.4. The number of ether oxygens (including phenoxy) is 2. The van der Waals surface area contributed by atoms with Gasteiger partial charge in [0.25, 0.3) is 0 Å². The minimum atomic E-state index is 0.761. The number of para-hydroxylation sites is 2. The van der Waals surface area contributed by atoms with Crippen molar-refractivity contribution in [2.24, 2.45) is 0 Å². The maximum absolute atomic E-state index is 6.83. The van der Waals surface area contributed by atoms with E-state index in [-0.39, 0.29) is 0 Å². The normalized spacial score (nSPS) is 12.3. The van der Waals surface area contributed by atoms with Crippen LogP contribution in [0.5, 0.6) is 23.0 Å². The van der Waals surface area contributed by atoms with Gasteiger partial charge in [-0.2, -0.15) is 0 Å². The number of fused-ring (bicyclic) bond motifs is 5. The Morgan fingerprint density at radius 3 is 1.47 bits per heavy atom. The second-order valence-corrected chi connectivity index (χ2v) is 14.1. The monoisotopic (exact) mass is 703 g/mol. The fourth-order valence-electron chi connectivity index (χ4n) is 8.09. The molecule has 2 aliphatic heterocycles. The second kappa shape index (κ2) is 12.6. The molecule has 258 valence electrons. The van der Waals surface area contributed by atoms with E-state index in [4.69, 9.17) is 9.47 Å². The molecular weight excluding hydrogens is 671 g/mol. The van der Waals surface area contributed by atoms with Gasteiger partial charge in [-0.05, 0) is 109 Å². The topological polar surface area (TPSA) is 21.7 Å². The molecule has 0 bridgehead atoms. The van der Waals surface area contributed by atoms with E-state index < -0.39 is 0 Å². The van der Waals surface area contributed by atoms with Crippen molar-refractivity contribution in [2.45, 2.75) is 0 Å². The van der Waals surface area contributed by atoms with Crippen LogP contribution < -0.4 is 14.4 Å². The highest BCUT2D eigenvalue weighted by atomic mass is 16.5. The van der Waals surface area contributed by atoms with Gasteiger partial charge in [-0.25, -0.2) is 0 Å². The van der Waals surface area contributed by atoms with Crippen LogP contribution in [0.4, 0.5) is 17.1 Å². The summed E-state index contributed by atoms with van der Waals surface area (Å²) >= 11 is 0. The first kappa shape index (κ1) is 31.2. The van der Waals surface area contributed by atoms with E-state index in [1.54, 1.807) is 0 Å². The Kier molecular flexibility index (Phi) is 7.17. The van der Waals surface area contributed by atoms with Crippen molar-refractivity contribution >= 4 is 27.8 Å². The Morgan fingerprint density at radius 1 is 0.273 bits per heavy atom. The summed E-state index contributed by atoms with van der Waals surface area (Å²) in [7, 11) is 0. The number of hydrogen-bond acceptors (Lipinski definition) is 3. The third-order valence-corrected chi connectivity index (χ3v) is 10.9. The minimum Gasteiger partial charge on any atom is -0.453 e. The molecule has 0 aromatic heterocycles. The fourth-order valence-corrected chi connectivity index (χ4v) is 8.09. The largest absolute Gasteiger partial charge is 0.453 e. The van der Waals surface area contributed by atoms with E-state index >= 15 is 0 Å². The molecule has 9 aromatic rings. The second-order valence-electron chi connectivity index (χ2n) is 14.1. The van der Waals surface area contributed by atoms with Crippen molar-refractivity contribution in [3.05, 3.63) is 200 Å². The molecular formula is C52H33NO2. The molecule has 0 N–H and O–H groups in total. The van der Waals surface area contributed by atoms with Gasteiger partial charge in [-0.15, -0.1) is 0 Å². The average Bonchev–Trinajstić information content (AvgIpc) is 3.26. The van der Waals surface area contributed by atoms with Crippen molar-refractivity contribution in [2.75, 3.05) is 4.90 Å². The van der Waals surface area contributed by atoms with Crippen LogP contribution in [-0.2, 0) is 0 Å². The predicted octanol–water partition coefficient (Wildman–Crippen LogP) is 14.9. The number of hydrogen-bond donors (Lipinski definition) is 0. The fraction of sp³-hybridized carbons (Fsp3) is 0. The molecule has 0 unspecified atom stereocenters. The Labute approximate surface area is 319 Å². The van der Waals surface area contributed by atoms with E-state index in [0.29, 0.717) is 0 Å². The molecule has 2 aliphatic rings.